The first kappa shape index (κ1) is 38.4. The normalized spacial score (nSPS) is 16.4. The topological polar surface area (TPSA) is 158 Å². The van der Waals surface area contributed by atoms with Crippen molar-refractivity contribution < 1.29 is 28.6 Å². The van der Waals surface area contributed by atoms with Crippen LogP contribution in [0.15, 0.2) is 113 Å². The zero-order valence-corrected chi connectivity index (χ0v) is 29.7. The molecule has 53 heavy (non-hydrogen) atoms. The third-order valence-corrected chi connectivity index (χ3v) is 8.15. The quantitative estimate of drug-likeness (QED) is 0.0650. The number of amidine groups is 1. The van der Waals surface area contributed by atoms with E-state index in [1.54, 1.807) is 60.7 Å². The Hall–Kier alpha value is -5.79. The van der Waals surface area contributed by atoms with E-state index in [1.807, 2.05) is 30.3 Å². The van der Waals surface area contributed by atoms with Gasteiger partial charge in [-0.25, -0.2) is 9.38 Å². The number of nitrogens with zero attached hydrogens (tertiary/aromatic N) is 2. The molecule has 1 aliphatic rings. The number of aromatic hydroxyl groups is 1. The summed E-state index contributed by atoms with van der Waals surface area (Å²) in [5, 5.41) is 25.6. The average Bonchev–Trinajstić information content (AvgIpc) is 3.15. The molecule has 0 spiro atoms. The number of halogens is 1. The minimum absolute atomic E-state index is 0.131. The van der Waals surface area contributed by atoms with Crippen molar-refractivity contribution in [3.63, 3.8) is 0 Å². The Kier molecular flexibility index (Phi) is 14.7. The van der Waals surface area contributed by atoms with Crippen LogP contribution < -0.4 is 26.6 Å². The number of amides is 2. The molecule has 5 rings (SSSR count). The highest BCUT2D eigenvalue weighted by atomic mass is 19.1. The molecule has 4 aromatic rings. The highest BCUT2D eigenvalue weighted by molar-refractivity contribution is 6.06. The van der Waals surface area contributed by atoms with Gasteiger partial charge in [-0.1, -0.05) is 37.3 Å². The number of phenols is 1. The number of aliphatic imine (C=N–C) groups is 2. The fourth-order valence-corrected chi connectivity index (χ4v) is 5.50. The van der Waals surface area contributed by atoms with Crippen LogP contribution in [0.2, 0.25) is 0 Å². The van der Waals surface area contributed by atoms with Gasteiger partial charge in [0.1, 0.15) is 23.6 Å². The predicted octanol–water partition coefficient (Wildman–Crippen LogP) is 5.55. The maximum Gasteiger partial charge on any atom is 0.251 e. The van der Waals surface area contributed by atoms with Crippen LogP contribution in [0.25, 0.3) is 0 Å². The molecule has 4 aromatic carbocycles. The Balaban J connectivity index is 1.11. The molecule has 0 saturated heterocycles. The lowest BCUT2D eigenvalue weighted by atomic mass is 10.0. The van der Waals surface area contributed by atoms with Gasteiger partial charge in [0.2, 0.25) is 5.96 Å². The van der Waals surface area contributed by atoms with Crippen LogP contribution in [0, 0.1) is 11.7 Å². The van der Waals surface area contributed by atoms with Crippen molar-refractivity contribution in [2.45, 2.75) is 32.5 Å². The molecule has 2 amide bonds. The van der Waals surface area contributed by atoms with Crippen molar-refractivity contribution >= 4 is 35.0 Å². The summed E-state index contributed by atoms with van der Waals surface area (Å²) in [6.07, 6.45) is 1.08. The van der Waals surface area contributed by atoms with E-state index in [9.17, 15) is 19.1 Å². The molecule has 2 atom stereocenters. The summed E-state index contributed by atoms with van der Waals surface area (Å²) >= 11 is 0. The van der Waals surface area contributed by atoms with E-state index in [-0.39, 0.29) is 42.0 Å². The van der Waals surface area contributed by atoms with Crippen LogP contribution in [-0.2, 0) is 16.0 Å². The van der Waals surface area contributed by atoms with E-state index in [2.05, 4.69) is 33.5 Å². The third kappa shape index (κ3) is 13.4. The number of hydrogen-bond acceptors (Lipinski definition) is 9. The summed E-state index contributed by atoms with van der Waals surface area (Å²) in [5.41, 5.74) is 3.31. The summed E-state index contributed by atoms with van der Waals surface area (Å²) < 4.78 is 24.8. The van der Waals surface area contributed by atoms with Crippen LogP contribution in [-0.4, -0.2) is 74.4 Å². The van der Waals surface area contributed by atoms with Crippen molar-refractivity contribution in [2.24, 2.45) is 15.9 Å². The molecule has 0 aliphatic carbocycles. The molecule has 1 aliphatic heterocycles. The number of anilines is 2. The summed E-state index contributed by atoms with van der Waals surface area (Å²) in [6.45, 7) is 4.83. The van der Waals surface area contributed by atoms with E-state index in [4.69, 9.17) is 19.5 Å². The maximum atomic E-state index is 13.5. The molecule has 278 valence electrons. The van der Waals surface area contributed by atoms with Crippen molar-refractivity contribution in [3.05, 3.63) is 126 Å². The molecular formula is C40H46FN7O5. The predicted molar refractivity (Wildman–Crippen MR) is 205 cm³/mol. The van der Waals surface area contributed by atoms with Crippen LogP contribution in [0.1, 0.15) is 46.0 Å². The number of hydrogen-bond donors (Lipinski definition) is 6. The fourth-order valence-electron chi connectivity index (χ4n) is 5.50. The molecule has 1 heterocycles. The van der Waals surface area contributed by atoms with Gasteiger partial charge in [-0.3, -0.25) is 14.6 Å². The van der Waals surface area contributed by atoms with E-state index in [0.717, 1.165) is 17.2 Å². The monoisotopic (exact) mass is 723 g/mol. The lowest BCUT2D eigenvalue weighted by Crippen LogP contribution is -2.41. The number of ether oxygens (including phenoxy) is 2. The average molecular weight is 724 g/mol. The summed E-state index contributed by atoms with van der Waals surface area (Å²) in [4.78, 5) is 34.5. The smallest absolute Gasteiger partial charge is 0.251 e. The van der Waals surface area contributed by atoms with Gasteiger partial charge >= 0.3 is 0 Å². The standard InChI is InChI=1S/C40H46FN7O5/c1-28-24-36(42-18-20-52-22-23-53-21-19-43-38(50)30-7-3-2-4-8-30)47-40(46-34-14-16-35(49)17-15-34)48-37(25-28)45-33-12-10-31(11-13-33)39(51)44-27-29-6-5-9-32(41)26-29/h2-17,26,28,37,45,49H,18-25,27H2,1H3,(H,43,50)(H,44,51)(H2,42,46,47,48). The van der Waals surface area contributed by atoms with Crippen LogP contribution in [0.4, 0.5) is 15.8 Å². The minimum atomic E-state index is -0.345. The number of nitrogens with one attached hydrogen (secondary N) is 5. The zero-order valence-electron chi connectivity index (χ0n) is 29.7. The van der Waals surface area contributed by atoms with E-state index in [0.29, 0.717) is 75.0 Å². The lowest BCUT2D eigenvalue weighted by molar-refractivity contribution is 0.0512. The lowest BCUT2D eigenvalue weighted by Gasteiger charge is -2.26. The van der Waals surface area contributed by atoms with Crippen molar-refractivity contribution in [3.8, 4) is 5.75 Å². The van der Waals surface area contributed by atoms with Gasteiger partial charge in [0, 0.05) is 42.0 Å². The largest absolute Gasteiger partial charge is 0.508 e. The van der Waals surface area contributed by atoms with E-state index >= 15 is 0 Å². The zero-order chi connectivity index (χ0) is 37.3. The Labute approximate surface area is 308 Å². The summed E-state index contributed by atoms with van der Waals surface area (Å²) in [7, 11) is 0. The molecule has 2 unspecified atom stereocenters. The molecule has 6 N–H and O–H groups in total. The van der Waals surface area contributed by atoms with E-state index < -0.39 is 0 Å². The fraction of sp³-hybridized carbons (Fsp3) is 0.300. The van der Waals surface area contributed by atoms with Gasteiger partial charge in [0.25, 0.3) is 11.8 Å². The minimum Gasteiger partial charge on any atom is -0.508 e. The number of benzene rings is 4. The molecule has 0 radical (unpaired) electrons. The van der Waals surface area contributed by atoms with Crippen LogP contribution in [0.5, 0.6) is 5.75 Å². The van der Waals surface area contributed by atoms with Crippen LogP contribution >= 0.6 is 0 Å². The molecule has 0 saturated carbocycles. The highest BCUT2D eigenvalue weighted by Gasteiger charge is 2.20. The first-order valence-electron chi connectivity index (χ1n) is 17.6. The first-order chi connectivity index (χ1) is 25.8. The molecule has 0 bridgehead atoms. The van der Waals surface area contributed by atoms with Crippen molar-refractivity contribution in [1.82, 2.24) is 16.0 Å². The number of guanidine groups is 1. The molecule has 12 nitrogen and oxygen atoms in total. The van der Waals surface area contributed by atoms with Gasteiger partial charge in [-0.2, -0.15) is 0 Å². The highest BCUT2D eigenvalue weighted by Crippen LogP contribution is 2.21. The summed E-state index contributed by atoms with van der Waals surface area (Å²) in [6, 6.07) is 29.0. The third-order valence-electron chi connectivity index (χ3n) is 8.15. The van der Waals surface area contributed by atoms with Gasteiger partial charge < -0.3 is 41.2 Å². The van der Waals surface area contributed by atoms with Crippen LogP contribution in [0.3, 0.4) is 0 Å². The second-order valence-corrected chi connectivity index (χ2v) is 12.5. The van der Waals surface area contributed by atoms with Gasteiger partial charge in [-0.15, -0.1) is 0 Å². The van der Waals surface area contributed by atoms with Gasteiger partial charge in [0.15, 0.2) is 0 Å². The first-order valence-corrected chi connectivity index (χ1v) is 17.6. The second-order valence-electron chi connectivity index (χ2n) is 12.5. The second kappa shape index (κ2) is 20.3. The van der Waals surface area contributed by atoms with Crippen molar-refractivity contribution in [2.75, 3.05) is 50.2 Å². The molecule has 0 aromatic heterocycles. The number of phenolic OH excluding ortho intramolecular Hbond substituents is 1. The molecule has 0 fully saturated rings. The Morgan fingerprint density at radius 2 is 1.55 bits per heavy atom. The SMILES string of the molecule is CC1CC(=NCCOCCOCCNC(=O)c2ccccc2)NC(Nc2ccc(O)cc2)=NC(Nc2ccc(C(=O)NCc3cccc(F)c3)cc2)C1. The Morgan fingerprint density at radius 3 is 2.30 bits per heavy atom. The maximum absolute atomic E-state index is 13.5. The molecule has 13 heteroatoms. The summed E-state index contributed by atoms with van der Waals surface area (Å²) in [5.74, 6) is 0.906. The number of carbonyl (C=O) groups is 2. The van der Waals surface area contributed by atoms with E-state index in [1.165, 1.54) is 12.1 Å². The molecular weight excluding hydrogens is 677 g/mol. The van der Waals surface area contributed by atoms with Gasteiger partial charge in [-0.05, 0) is 90.7 Å². The van der Waals surface area contributed by atoms with Gasteiger partial charge in [0.05, 0.1) is 33.0 Å². The van der Waals surface area contributed by atoms with Crippen molar-refractivity contribution in [1.29, 1.82) is 0 Å². The number of carbonyl (C=O) groups excluding carboxylic acids is 2. The Bertz CT molecular complexity index is 1820. The Morgan fingerprint density at radius 1 is 0.849 bits per heavy atom. The number of rotatable bonds is 16.